The van der Waals surface area contributed by atoms with Crippen molar-refractivity contribution in [1.29, 1.82) is 0 Å². The molecule has 1 aromatic rings. The van der Waals surface area contributed by atoms with Crippen LogP contribution >= 0.6 is 11.6 Å². The van der Waals surface area contributed by atoms with Crippen LogP contribution in [0.4, 0.5) is 4.39 Å². The number of hydrogen-bond acceptors (Lipinski definition) is 2. The molecule has 17 heavy (non-hydrogen) atoms. The van der Waals surface area contributed by atoms with E-state index in [4.69, 9.17) is 17.3 Å². The molecule has 94 valence electrons. The highest BCUT2D eigenvalue weighted by atomic mass is 35.5. The van der Waals surface area contributed by atoms with E-state index in [0.29, 0.717) is 18.2 Å². The molecular weight excluding hydrogens is 239 g/mol. The van der Waals surface area contributed by atoms with Crippen LogP contribution < -0.4 is 5.73 Å². The Bertz CT molecular complexity index is 393. The fourth-order valence-electron chi connectivity index (χ4n) is 2.27. The molecule has 2 nitrogen and oxygen atoms in total. The molecule has 0 spiro atoms. The fourth-order valence-corrected chi connectivity index (χ4v) is 2.45. The van der Waals surface area contributed by atoms with Crippen LogP contribution in [0.1, 0.15) is 31.4 Å². The number of halogens is 2. The van der Waals surface area contributed by atoms with Crippen LogP contribution in [-0.4, -0.2) is 24.0 Å². The predicted octanol–water partition coefficient (Wildman–Crippen LogP) is 2.96. The minimum atomic E-state index is -0.302. The van der Waals surface area contributed by atoms with Crippen molar-refractivity contribution >= 4 is 11.6 Å². The highest BCUT2D eigenvalue weighted by molar-refractivity contribution is 6.30. The molecule has 1 aliphatic rings. The second-order valence-electron chi connectivity index (χ2n) is 4.58. The van der Waals surface area contributed by atoms with Gasteiger partial charge in [-0.3, -0.25) is 4.90 Å². The Hall–Kier alpha value is -0.640. The van der Waals surface area contributed by atoms with Crippen LogP contribution in [0.2, 0.25) is 5.02 Å². The highest BCUT2D eigenvalue weighted by Crippen LogP contribution is 2.35. The van der Waals surface area contributed by atoms with Crippen molar-refractivity contribution in [2.75, 3.05) is 13.1 Å². The van der Waals surface area contributed by atoms with Crippen LogP contribution in [0, 0.1) is 5.82 Å². The summed E-state index contributed by atoms with van der Waals surface area (Å²) >= 11 is 5.82. The van der Waals surface area contributed by atoms with Gasteiger partial charge in [0.05, 0.1) is 5.02 Å². The molecule has 0 radical (unpaired) electrons. The SMILES string of the molecule is CC(c1cccc(Cl)c1F)N(CCN)C1CC1. The van der Waals surface area contributed by atoms with E-state index < -0.39 is 0 Å². The third-order valence-electron chi connectivity index (χ3n) is 3.33. The molecule has 1 atom stereocenters. The quantitative estimate of drug-likeness (QED) is 0.878. The summed E-state index contributed by atoms with van der Waals surface area (Å²) in [4.78, 5) is 2.27. The Labute approximate surface area is 107 Å². The maximum absolute atomic E-state index is 13.9. The molecule has 2 N–H and O–H groups in total. The van der Waals surface area contributed by atoms with E-state index in [1.807, 2.05) is 6.92 Å². The molecule has 0 aromatic heterocycles. The van der Waals surface area contributed by atoms with Gasteiger partial charge in [0.15, 0.2) is 0 Å². The van der Waals surface area contributed by atoms with Gasteiger partial charge in [0, 0.05) is 30.7 Å². The van der Waals surface area contributed by atoms with Crippen LogP contribution in [0.25, 0.3) is 0 Å². The summed E-state index contributed by atoms with van der Waals surface area (Å²) in [5.74, 6) is -0.302. The van der Waals surface area contributed by atoms with E-state index >= 15 is 0 Å². The first-order valence-electron chi connectivity index (χ1n) is 6.05. The zero-order valence-corrected chi connectivity index (χ0v) is 10.8. The first-order chi connectivity index (χ1) is 8.15. The number of hydrogen-bond donors (Lipinski definition) is 1. The smallest absolute Gasteiger partial charge is 0.146 e. The van der Waals surface area contributed by atoms with Gasteiger partial charge in [-0.1, -0.05) is 23.7 Å². The summed E-state index contributed by atoms with van der Waals surface area (Å²) in [6, 6.07) is 5.77. The normalized spacial score (nSPS) is 17.5. The molecule has 2 rings (SSSR count). The van der Waals surface area contributed by atoms with Crippen LogP contribution in [-0.2, 0) is 0 Å². The lowest BCUT2D eigenvalue weighted by molar-refractivity contribution is 0.202. The second-order valence-corrected chi connectivity index (χ2v) is 4.98. The molecule has 1 unspecified atom stereocenters. The average Bonchev–Trinajstić information content (AvgIpc) is 3.13. The van der Waals surface area contributed by atoms with Gasteiger partial charge in [-0.2, -0.15) is 0 Å². The summed E-state index contributed by atoms with van der Waals surface area (Å²) in [7, 11) is 0. The van der Waals surface area contributed by atoms with E-state index in [9.17, 15) is 4.39 Å². The third kappa shape index (κ3) is 2.79. The van der Waals surface area contributed by atoms with Gasteiger partial charge in [-0.15, -0.1) is 0 Å². The van der Waals surface area contributed by atoms with E-state index in [-0.39, 0.29) is 16.9 Å². The molecule has 1 fully saturated rings. The van der Waals surface area contributed by atoms with Gasteiger partial charge >= 0.3 is 0 Å². The van der Waals surface area contributed by atoms with E-state index in [2.05, 4.69) is 4.90 Å². The van der Waals surface area contributed by atoms with Gasteiger partial charge in [-0.05, 0) is 25.8 Å². The Morgan fingerprint density at radius 2 is 2.24 bits per heavy atom. The molecule has 4 heteroatoms. The van der Waals surface area contributed by atoms with Crippen molar-refractivity contribution < 1.29 is 4.39 Å². The lowest BCUT2D eigenvalue weighted by atomic mass is 10.1. The summed E-state index contributed by atoms with van der Waals surface area (Å²) in [5, 5.41) is 0.192. The Kier molecular flexibility index (Phi) is 4.02. The number of nitrogens with two attached hydrogens (primary N) is 1. The lowest BCUT2D eigenvalue weighted by Gasteiger charge is -2.29. The minimum Gasteiger partial charge on any atom is -0.329 e. The predicted molar refractivity (Wildman–Crippen MR) is 68.6 cm³/mol. The van der Waals surface area contributed by atoms with Gasteiger partial charge in [0.2, 0.25) is 0 Å². The zero-order valence-electron chi connectivity index (χ0n) is 10.00. The summed E-state index contributed by atoms with van der Waals surface area (Å²) in [6.07, 6.45) is 2.37. The lowest BCUT2D eigenvalue weighted by Crippen LogP contribution is -2.34. The van der Waals surface area contributed by atoms with Gasteiger partial charge in [0.25, 0.3) is 0 Å². The van der Waals surface area contributed by atoms with Crippen molar-refractivity contribution in [3.63, 3.8) is 0 Å². The molecule has 1 saturated carbocycles. The summed E-state index contributed by atoms with van der Waals surface area (Å²) in [6.45, 7) is 3.42. The standard InChI is InChI=1S/C13H18ClFN2/c1-9(17(8-7-16)10-5-6-10)11-3-2-4-12(14)13(11)15/h2-4,9-10H,5-8,16H2,1H3. The van der Waals surface area contributed by atoms with Gasteiger partial charge in [-0.25, -0.2) is 4.39 Å². The van der Waals surface area contributed by atoms with E-state index in [0.717, 1.165) is 6.54 Å². The highest BCUT2D eigenvalue weighted by Gasteiger charge is 2.33. The van der Waals surface area contributed by atoms with Gasteiger partial charge < -0.3 is 5.73 Å². The molecule has 0 amide bonds. The molecule has 1 aliphatic carbocycles. The van der Waals surface area contributed by atoms with E-state index in [1.165, 1.54) is 12.8 Å². The number of benzene rings is 1. The maximum atomic E-state index is 13.9. The summed E-state index contributed by atoms with van der Waals surface area (Å²) < 4.78 is 13.9. The average molecular weight is 257 g/mol. The van der Waals surface area contributed by atoms with Crippen LogP contribution in [0.15, 0.2) is 18.2 Å². The first-order valence-corrected chi connectivity index (χ1v) is 6.42. The second kappa shape index (κ2) is 5.34. The largest absolute Gasteiger partial charge is 0.329 e. The first kappa shape index (κ1) is 12.8. The monoisotopic (exact) mass is 256 g/mol. The van der Waals surface area contributed by atoms with Gasteiger partial charge in [0.1, 0.15) is 5.82 Å². The molecule has 0 aliphatic heterocycles. The van der Waals surface area contributed by atoms with Crippen LogP contribution in [0.3, 0.4) is 0 Å². The number of nitrogens with zero attached hydrogens (tertiary/aromatic N) is 1. The Balaban J connectivity index is 2.21. The molecule has 1 aromatic carbocycles. The van der Waals surface area contributed by atoms with Crippen molar-refractivity contribution in [1.82, 2.24) is 4.90 Å². The third-order valence-corrected chi connectivity index (χ3v) is 3.62. The maximum Gasteiger partial charge on any atom is 0.146 e. The fraction of sp³-hybridized carbons (Fsp3) is 0.538. The number of rotatable bonds is 5. The minimum absolute atomic E-state index is 0.0322. The van der Waals surface area contributed by atoms with Crippen molar-refractivity contribution in [2.24, 2.45) is 5.73 Å². The molecular formula is C13H18ClFN2. The van der Waals surface area contributed by atoms with Crippen molar-refractivity contribution in [2.45, 2.75) is 31.8 Å². The van der Waals surface area contributed by atoms with E-state index in [1.54, 1.807) is 18.2 Å². The van der Waals surface area contributed by atoms with Crippen molar-refractivity contribution in [3.8, 4) is 0 Å². The summed E-state index contributed by atoms with van der Waals surface area (Å²) in [5.41, 5.74) is 6.28. The Morgan fingerprint density at radius 1 is 1.53 bits per heavy atom. The van der Waals surface area contributed by atoms with Crippen LogP contribution in [0.5, 0.6) is 0 Å². The molecule has 0 bridgehead atoms. The molecule has 0 heterocycles. The molecule has 0 saturated heterocycles. The van der Waals surface area contributed by atoms with Crippen molar-refractivity contribution in [3.05, 3.63) is 34.6 Å². The topological polar surface area (TPSA) is 29.3 Å². The Morgan fingerprint density at radius 3 is 2.82 bits per heavy atom. The zero-order chi connectivity index (χ0) is 12.4.